The number of carbonyl (C=O) groups is 1. The van der Waals surface area contributed by atoms with Gasteiger partial charge in [-0.25, -0.2) is 4.39 Å². The molecule has 0 saturated heterocycles. The summed E-state index contributed by atoms with van der Waals surface area (Å²) >= 11 is 4.14. The molecule has 1 aliphatic rings. The van der Waals surface area contributed by atoms with Gasteiger partial charge in [-0.3, -0.25) is 4.79 Å². The second-order valence-corrected chi connectivity index (χ2v) is 5.78. The van der Waals surface area contributed by atoms with Crippen molar-refractivity contribution >= 4 is 18.5 Å². The van der Waals surface area contributed by atoms with E-state index in [0.29, 0.717) is 4.90 Å². The first-order chi connectivity index (χ1) is 9.10. The zero-order valence-corrected chi connectivity index (χ0v) is 12.1. The van der Waals surface area contributed by atoms with Crippen LogP contribution in [-0.4, -0.2) is 11.9 Å². The molecule has 0 aliphatic heterocycles. The van der Waals surface area contributed by atoms with E-state index in [4.69, 9.17) is 0 Å². The van der Waals surface area contributed by atoms with Crippen molar-refractivity contribution in [1.82, 2.24) is 5.32 Å². The number of hydrogen-bond donors (Lipinski definition) is 2. The molecule has 4 heteroatoms. The number of amides is 1. The largest absolute Gasteiger partial charge is 0.349 e. The molecule has 0 unspecified atom stereocenters. The van der Waals surface area contributed by atoms with Crippen molar-refractivity contribution in [2.24, 2.45) is 5.92 Å². The van der Waals surface area contributed by atoms with Gasteiger partial charge in [0.05, 0.1) is 5.56 Å². The highest BCUT2D eigenvalue weighted by atomic mass is 32.1. The summed E-state index contributed by atoms with van der Waals surface area (Å²) in [6.45, 7) is 2.21. The average molecular weight is 281 g/mol. The quantitative estimate of drug-likeness (QED) is 0.810. The van der Waals surface area contributed by atoms with E-state index in [1.807, 2.05) is 0 Å². The Kier molecular flexibility index (Phi) is 4.86. The molecule has 1 saturated carbocycles. The van der Waals surface area contributed by atoms with Crippen molar-refractivity contribution in [3.05, 3.63) is 29.6 Å². The number of rotatable bonds is 3. The Morgan fingerprint density at radius 3 is 2.68 bits per heavy atom. The summed E-state index contributed by atoms with van der Waals surface area (Å²) in [7, 11) is 0. The number of nitrogens with one attached hydrogen (secondary N) is 1. The summed E-state index contributed by atoms with van der Waals surface area (Å²) in [5.74, 6) is -0.0310. The van der Waals surface area contributed by atoms with Crippen molar-refractivity contribution in [2.45, 2.75) is 50.0 Å². The van der Waals surface area contributed by atoms with Crippen molar-refractivity contribution < 1.29 is 9.18 Å². The van der Waals surface area contributed by atoms with E-state index in [0.717, 1.165) is 31.6 Å². The summed E-state index contributed by atoms with van der Waals surface area (Å²) in [5, 5.41) is 2.93. The molecule has 0 bridgehead atoms. The van der Waals surface area contributed by atoms with Crippen molar-refractivity contribution in [3.63, 3.8) is 0 Å². The van der Waals surface area contributed by atoms with E-state index < -0.39 is 5.82 Å². The Morgan fingerprint density at radius 1 is 1.37 bits per heavy atom. The average Bonchev–Trinajstić information content (AvgIpc) is 2.42. The maximum absolute atomic E-state index is 13.6. The second-order valence-electron chi connectivity index (χ2n) is 5.26. The van der Waals surface area contributed by atoms with Crippen LogP contribution >= 0.6 is 12.6 Å². The van der Waals surface area contributed by atoms with Gasteiger partial charge in [0.15, 0.2) is 0 Å². The highest BCUT2D eigenvalue weighted by Gasteiger charge is 2.22. The summed E-state index contributed by atoms with van der Waals surface area (Å²) in [5.41, 5.74) is 0.0881. The molecule has 0 atom stereocenters. The normalized spacial score (nSPS) is 23.1. The van der Waals surface area contributed by atoms with Gasteiger partial charge >= 0.3 is 0 Å². The van der Waals surface area contributed by atoms with Gasteiger partial charge in [0.2, 0.25) is 0 Å². The Balaban J connectivity index is 1.96. The molecular weight excluding hydrogens is 261 g/mol. The predicted molar refractivity (Wildman–Crippen MR) is 77.2 cm³/mol. The molecule has 0 aromatic heterocycles. The minimum atomic E-state index is -0.488. The van der Waals surface area contributed by atoms with Crippen LogP contribution in [0.1, 0.15) is 49.4 Å². The van der Waals surface area contributed by atoms with Gasteiger partial charge in [0, 0.05) is 10.9 Å². The zero-order valence-electron chi connectivity index (χ0n) is 11.2. The Bertz CT molecular complexity index is 455. The second kappa shape index (κ2) is 6.42. The fourth-order valence-corrected chi connectivity index (χ4v) is 2.87. The molecule has 0 radical (unpaired) electrons. The molecule has 1 amide bonds. The zero-order chi connectivity index (χ0) is 13.8. The summed E-state index contributed by atoms with van der Waals surface area (Å²) < 4.78 is 13.6. The standard InChI is InChI=1S/C15H20FNOS/c1-2-10-3-5-11(6-4-10)17-15(18)13-9-12(19)7-8-14(13)16/h7-11,19H,2-6H2,1H3,(H,17,18). The Hall–Kier alpha value is -1.03. The van der Waals surface area contributed by atoms with Crippen LogP contribution in [0.4, 0.5) is 4.39 Å². The lowest BCUT2D eigenvalue weighted by Crippen LogP contribution is -2.38. The number of halogens is 1. The van der Waals surface area contributed by atoms with E-state index in [1.54, 1.807) is 6.07 Å². The van der Waals surface area contributed by atoms with E-state index in [1.165, 1.54) is 18.6 Å². The van der Waals surface area contributed by atoms with Crippen LogP contribution in [0.3, 0.4) is 0 Å². The first-order valence-corrected chi connectivity index (χ1v) is 7.34. The van der Waals surface area contributed by atoms with E-state index in [2.05, 4.69) is 24.9 Å². The predicted octanol–water partition coefficient (Wildman–Crippen LogP) is 3.81. The number of benzene rings is 1. The van der Waals surface area contributed by atoms with Gasteiger partial charge in [-0.15, -0.1) is 12.6 Å². The first-order valence-electron chi connectivity index (χ1n) is 6.89. The summed E-state index contributed by atoms with van der Waals surface area (Å²) in [6, 6.07) is 4.48. The molecule has 0 heterocycles. The highest BCUT2D eigenvalue weighted by Crippen LogP contribution is 2.26. The van der Waals surface area contributed by atoms with Gasteiger partial charge in [-0.1, -0.05) is 13.3 Å². The third-order valence-corrected chi connectivity index (χ3v) is 4.23. The molecule has 2 rings (SSSR count). The van der Waals surface area contributed by atoms with Gasteiger partial charge in [0.1, 0.15) is 5.82 Å². The molecule has 1 aromatic carbocycles. The van der Waals surface area contributed by atoms with E-state index in [-0.39, 0.29) is 17.5 Å². The van der Waals surface area contributed by atoms with Crippen LogP contribution in [0.2, 0.25) is 0 Å². The number of thiol groups is 1. The van der Waals surface area contributed by atoms with E-state index in [9.17, 15) is 9.18 Å². The monoisotopic (exact) mass is 281 g/mol. The molecule has 1 N–H and O–H groups in total. The number of hydrogen-bond acceptors (Lipinski definition) is 2. The molecule has 0 spiro atoms. The molecule has 1 fully saturated rings. The molecular formula is C15H20FNOS. The highest BCUT2D eigenvalue weighted by molar-refractivity contribution is 7.80. The Labute approximate surface area is 119 Å². The third-order valence-electron chi connectivity index (χ3n) is 3.95. The third kappa shape index (κ3) is 3.72. The maximum atomic E-state index is 13.6. The van der Waals surface area contributed by atoms with Gasteiger partial charge < -0.3 is 5.32 Å². The molecule has 2 nitrogen and oxygen atoms in total. The smallest absolute Gasteiger partial charge is 0.254 e. The van der Waals surface area contributed by atoms with Crippen molar-refractivity contribution in [1.29, 1.82) is 0 Å². The summed E-state index contributed by atoms with van der Waals surface area (Å²) in [6.07, 6.45) is 5.49. The van der Waals surface area contributed by atoms with Gasteiger partial charge in [0.25, 0.3) is 5.91 Å². The van der Waals surface area contributed by atoms with Crippen LogP contribution in [0.25, 0.3) is 0 Å². The lowest BCUT2D eigenvalue weighted by atomic mass is 9.84. The topological polar surface area (TPSA) is 29.1 Å². The lowest BCUT2D eigenvalue weighted by molar-refractivity contribution is 0.0917. The van der Waals surface area contributed by atoms with E-state index >= 15 is 0 Å². The molecule has 1 aliphatic carbocycles. The molecule has 1 aromatic rings. The van der Waals surface area contributed by atoms with Crippen LogP contribution in [0, 0.1) is 11.7 Å². The van der Waals surface area contributed by atoms with Crippen molar-refractivity contribution in [2.75, 3.05) is 0 Å². The summed E-state index contributed by atoms with van der Waals surface area (Å²) in [4.78, 5) is 12.7. The molecule has 19 heavy (non-hydrogen) atoms. The van der Waals surface area contributed by atoms with Crippen LogP contribution in [0.15, 0.2) is 23.1 Å². The SMILES string of the molecule is CCC1CCC(NC(=O)c2cc(S)ccc2F)CC1. The fraction of sp³-hybridized carbons (Fsp3) is 0.533. The van der Waals surface area contributed by atoms with Crippen molar-refractivity contribution in [3.8, 4) is 0 Å². The minimum Gasteiger partial charge on any atom is -0.349 e. The van der Waals surface area contributed by atoms with Crippen LogP contribution < -0.4 is 5.32 Å². The van der Waals surface area contributed by atoms with Crippen LogP contribution in [0.5, 0.6) is 0 Å². The minimum absolute atomic E-state index is 0.0881. The maximum Gasteiger partial charge on any atom is 0.254 e. The molecule has 104 valence electrons. The number of carbonyl (C=O) groups excluding carboxylic acids is 1. The lowest BCUT2D eigenvalue weighted by Gasteiger charge is -2.28. The first kappa shape index (κ1) is 14.4. The van der Waals surface area contributed by atoms with Gasteiger partial charge in [-0.2, -0.15) is 0 Å². The van der Waals surface area contributed by atoms with Gasteiger partial charge in [-0.05, 0) is 49.8 Å². The fourth-order valence-electron chi connectivity index (χ4n) is 2.67. The van der Waals surface area contributed by atoms with Crippen LogP contribution in [-0.2, 0) is 0 Å². The Morgan fingerprint density at radius 2 is 2.05 bits per heavy atom.